The predicted molar refractivity (Wildman–Crippen MR) is 117 cm³/mol. The third kappa shape index (κ3) is 3.45. The number of nitrogens with zero attached hydrogens (tertiary/aromatic N) is 2. The van der Waals surface area contributed by atoms with Gasteiger partial charge in [0.1, 0.15) is 0 Å². The highest BCUT2D eigenvalue weighted by atomic mass is 16.5. The molecule has 5 rings (SSSR count). The number of morpholine rings is 1. The van der Waals surface area contributed by atoms with Gasteiger partial charge in [0.2, 0.25) is 0 Å². The molecule has 1 fully saturated rings. The number of hydrogen-bond acceptors (Lipinski definition) is 5. The van der Waals surface area contributed by atoms with Crippen molar-refractivity contribution in [3.8, 4) is 11.5 Å². The van der Waals surface area contributed by atoms with E-state index in [0.29, 0.717) is 0 Å². The number of para-hydroxylation sites is 1. The van der Waals surface area contributed by atoms with Crippen molar-refractivity contribution in [3.63, 3.8) is 0 Å². The Hall–Kier alpha value is -2.54. The summed E-state index contributed by atoms with van der Waals surface area (Å²) >= 11 is 0. The molecule has 2 aliphatic rings. The normalized spacial score (nSPS) is 20.3. The molecule has 158 valence electrons. The fourth-order valence-electron chi connectivity index (χ4n) is 4.89. The predicted octanol–water partition coefficient (Wildman–Crippen LogP) is 3.57. The van der Waals surface area contributed by atoms with Gasteiger partial charge in [-0.2, -0.15) is 0 Å². The maximum Gasteiger partial charge on any atom is 0.161 e. The van der Waals surface area contributed by atoms with Crippen molar-refractivity contribution in [2.75, 3.05) is 47.1 Å². The molecule has 6 heteroatoms. The van der Waals surface area contributed by atoms with E-state index in [0.717, 1.165) is 57.2 Å². The Morgan fingerprint density at radius 3 is 2.60 bits per heavy atom. The van der Waals surface area contributed by atoms with Crippen LogP contribution in [0.4, 0.5) is 0 Å². The number of nitrogens with one attached hydrogen (secondary N) is 1. The van der Waals surface area contributed by atoms with E-state index in [1.807, 2.05) is 0 Å². The third-order valence-corrected chi connectivity index (χ3v) is 6.41. The molecule has 0 spiro atoms. The Balaban J connectivity index is 1.57. The zero-order valence-corrected chi connectivity index (χ0v) is 17.7. The first kappa shape index (κ1) is 19.4. The molecule has 1 atom stereocenters. The van der Waals surface area contributed by atoms with Gasteiger partial charge >= 0.3 is 0 Å². The highest BCUT2D eigenvalue weighted by Gasteiger charge is 2.33. The molecular formula is C24H29N3O3. The van der Waals surface area contributed by atoms with Gasteiger partial charge < -0.3 is 19.2 Å². The lowest BCUT2D eigenvalue weighted by molar-refractivity contribution is -0.117. The molecule has 3 heterocycles. The van der Waals surface area contributed by atoms with E-state index in [4.69, 9.17) is 14.2 Å². The Labute approximate surface area is 177 Å². The van der Waals surface area contributed by atoms with Crippen LogP contribution >= 0.6 is 0 Å². The number of benzene rings is 2. The zero-order chi connectivity index (χ0) is 20.5. The number of H-pyrrole nitrogens is 1. The number of hydrazine groups is 1. The molecule has 3 aromatic rings. The fourth-order valence-corrected chi connectivity index (χ4v) is 4.89. The van der Waals surface area contributed by atoms with Crippen molar-refractivity contribution in [1.29, 1.82) is 0 Å². The number of rotatable bonds is 5. The lowest BCUT2D eigenvalue weighted by atomic mass is 9.89. The van der Waals surface area contributed by atoms with Gasteiger partial charge in [-0.25, -0.2) is 10.0 Å². The molecule has 1 saturated heterocycles. The fraction of sp³-hybridized carbons (Fsp3) is 0.417. The van der Waals surface area contributed by atoms with E-state index in [9.17, 15) is 0 Å². The van der Waals surface area contributed by atoms with Crippen LogP contribution in [0.15, 0.2) is 42.6 Å². The average molecular weight is 408 g/mol. The molecule has 1 aromatic heterocycles. The maximum absolute atomic E-state index is 5.65. The monoisotopic (exact) mass is 407 g/mol. The summed E-state index contributed by atoms with van der Waals surface area (Å²) in [6.07, 6.45) is 4.10. The second kappa shape index (κ2) is 8.30. The minimum atomic E-state index is 0.242. The molecule has 0 saturated carbocycles. The smallest absolute Gasteiger partial charge is 0.161 e. The first-order chi connectivity index (χ1) is 14.8. The second-order valence-corrected chi connectivity index (χ2v) is 7.96. The minimum Gasteiger partial charge on any atom is -0.493 e. The van der Waals surface area contributed by atoms with Gasteiger partial charge in [0.05, 0.1) is 33.5 Å². The van der Waals surface area contributed by atoms with E-state index >= 15 is 0 Å². The largest absolute Gasteiger partial charge is 0.493 e. The topological polar surface area (TPSA) is 50.0 Å². The molecule has 0 aliphatic carbocycles. The highest BCUT2D eigenvalue weighted by Crippen LogP contribution is 2.40. The van der Waals surface area contributed by atoms with Crippen LogP contribution in [0.25, 0.3) is 10.9 Å². The molecular weight excluding hydrogens is 378 g/mol. The van der Waals surface area contributed by atoms with E-state index < -0.39 is 0 Å². The Kier molecular flexibility index (Phi) is 5.37. The van der Waals surface area contributed by atoms with E-state index in [2.05, 4.69) is 57.6 Å². The summed E-state index contributed by atoms with van der Waals surface area (Å²) in [5.74, 6) is 1.60. The van der Waals surface area contributed by atoms with Crippen LogP contribution in [0.3, 0.4) is 0 Å². The van der Waals surface area contributed by atoms with Gasteiger partial charge in [-0.15, -0.1) is 0 Å². The molecule has 0 amide bonds. The number of aromatic nitrogens is 1. The summed E-state index contributed by atoms with van der Waals surface area (Å²) in [5, 5.41) is 6.33. The number of hydrogen-bond donors (Lipinski definition) is 1. The highest BCUT2D eigenvalue weighted by molar-refractivity contribution is 5.83. The van der Waals surface area contributed by atoms with Crippen LogP contribution in [0, 0.1) is 0 Å². The lowest BCUT2D eigenvalue weighted by Gasteiger charge is -2.45. The van der Waals surface area contributed by atoms with Crippen molar-refractivity contribution in [2.45, 2.75) is 18.9 Å². The first-order valence-corrected chi connectivity index (χ1v) is 10.7. The van der Waals surface area contributed by atoms with Crippen molar-refractivity contribution < 1.29 is 14.2 Å². The van der Waals surface area contributed by atoms with Crippen LogP contribution in [0.2, 0.25) is 0 Å². The molecule has 30 heavy (non-hydrogen) atoms. The standard InChI is InChI=1S/C24H29N3O3/c1-28-23-14-17-7-8-27(26-9-11-30-12-10-26)22(20(17)15-24(23)29-2)13-18-16-25-21-6-4-3-5-19(18)21/h3-6,14-16,22,25H,7-13H2,1-2H3. The summed E-state index contributed by atoms with van der Waals surface area (Å²) in [5.41, 5.74) is 5.21. The molecule has 0 bridgehead atoms. The average Bonchev–Trinajstić information content (AvgIpc) is 3.22. The zero-order valence-electron chi connectivity index (χ0n) is 17.7. The molecule has 2 aliphatic heterocycles. The van der Waals surface area contributed by atoms with E-state index in [-0.39, 0.29) is 6.04 Å². The number of aromatic amines is 1. The minimum absolute atomic E-state index is 0.242. The van der Waals surface area contributed by atoms with Crippen LogP contribution < -0.4 is 9.47 Å². The Morgan fingerprint density at radius 2 is 1.80 bits per heavy atom. The SMILES string of the molecule is COc1cc2c(cc1OC)C(Cc1c[nH]c3ccccc13)N(N1CCOCC1)CC2. The number of ether oxygens (including phenoxy) is 3. The number of methoxy groups -OCH3 is 2. The first-order valence-electron chi connectivity index (χ1n) is 10.7. The van der Waals surface area contributed by atoms with Gasteiger partial charge in [-0.1, -0.05) is 18.2 Å². The molecule has 2 aromatic carbocycles. The van der Waals surface area contributed by atoms with E-state index in [1.54, 1.807) is 14.2 Å². The molecule has 6 nitrogen and oxygen atoms in total. The van der Waals surface area contributed by atoms with Crippen molar-refractivity contribution in [3.05, 3.63) is 59.3 Å². The molecule has 1 N–H and O–H groups in total. The maximum atomic E-state index is 5.65. The lowest BCUT2D eigenvalue weighted by Crippen LogP contribution is -2.53. The Bertz CT molecular complexity index is 1030. The summed E-state index contributed by atoms with van der Waals surface area (Å²) in [6, 6.07) is 13.1. The van der Waals surface area contributed by atoms with Gasteiger partial charge in [0, 0.05) is 36.7 Å². The van der Waals surface area contributed by atoms with Crippen LogP contribution in [0.1, 0.15) is 22.7 Å². The molecule has 1 unspecified atom stereocenters. The van der Waals surface area contributed by atoms with Gasteiger partial charge in [0.15, 0.2) is 11.5 Å². The van der Waals surface area contributed by atoms with Crippen molar-refractivity contribution in [1.82, 2.24) is 15.0 Å². The summed E-state index contributed by atoms with van der Waals surface area (Å²) in [4.78, 5) is 3.44. The summed E-state index contributed by atoms with van der Waals surface area (Å²) in [6.45, 7) is 4.44. The van der Waals surface area contributed by atoms with E-state index in [1.165, 1.54) is 27.6 Å². The number of fused-ring (bicyclic) bond motifs is 2. The third-order valence-electron chi connectivity index (χ3n) is 6.41. The second-order valence-electron chi connectivity index (χ2n) is 7.96. The van der Waals surface area contributed by atoms with Crippen LogP contribution in [-0.2, 0) is 17.6 Å². The van der Waals surface area contributed by atoms with Gasteiger partial charge in [0.25, 0.3) is 0 Å². The van der Waals surface area contributed by atoms with Crippen LogP contribution in [-0.4, -0.2) is 62.1 Å². The van der Waals surface area contributed by atoms with Crippen LogP contribution in [0.5, 0.6) is 11.5 Å². The summed E-state index contributed by atoms with van der Waals surface area (Å²) < 4.78 is 16.8. The van der Waals surface area contributed by atoms with Gasteiger partial charge in [-0.05, 0) is 47.7 Å². The van der Waals surface area contributed by atoms with Crippen molar-refractivity contribution in [2.24, 2.45) is 0 Å². The van der Waals surface area contributed by atoms with Gasteiger partial charge in [-0.3, -0.25) is 0 Å². The van der Waals surface area contributed by atoms with Crippen molar-refractivity contribution >= 4 is 10.9 Å². The molecule has 0 radical (unpaired) electrons. The Morgan fingerprint density at radius 1 is 1.03 bits per heavy atom. The summed E-state index contributed by atoms with van der Waals surface area (Å²) in [7, 11) is 3.41. The quantitative estimate of drug-likeness (QED) is 0.701.